The van der Waals surface area contributed by atoms with Gasteiger partial charge in [0.15, 0.2) is 0 Å². The maximum absolute atomic E-state index is 12.8. The molecule has 0 amide bonds. The Hall–Kier alpha value is -2.45. The fourth-order valence-electron chi connectivity index (χ4n) is 3.16. The molecular formula is C15H13F3N3O3-. The molecule has 0 N–H and O–H groups in total. The zero-order chi connectivity index (χ0) is 17.5. The molecule has 0 aliphatic heterocycles. The molecule has 6 nitrogen and oxygen atoms in total. The van der Waals surface area contributed by atoms with Gasteiger partial charge < -0.3 is 9.90 Å². The van der Waals surface area contributed by atoms with Gasteiger partial charge in [-0.3, -0.25) is 4.79 Å². The Balaban J connectivity index is 1.99. The minimum absolute atomic E-state index is 0.00331. The number of alkyl halides is 3. The van der Waals surface area contributed by atoms with E-state index in [9.17, 15) is 27.9 Å². The summed E-state index contributed by atoms with van der Waals surface area (Å²) in [6, 6.07) is 2.67. The number of benzene rings is 1. The summed E-state index contributed by atoms with van der Waals surface area (Å²) in [6.45, 7) is -0.00331. The normalized spacial score (nSPS) is 21.3. The third kappa shape index (κ3) is 2.98. The van der Waals surface area contributed by atoms with E-state index in [1.165, 1.54) is 0 Å². The summed E-state index contributed by atoms with van der Waals surface area (Å²) >= 11 is 0. The van der Waals surface area contributed by atoms with Crippen LogP contribution in [-0.2, 0) is 17.5 Å². The number of nitrogens with zero attached hydrogens (tertiary/aromatic N) is 3. The van der Waals surface area contributed by atoms with Gasteiger partial charge in [0.05, 0.1) is 17.5 Å². The van der Waals surface area contributed by atoms with Gasteiger partial charge in [-0.05, 0) is 37.0 Å². The highest BCUT2D eigenvalue weighted by atomic mass is 19.4. The Bertz CT molecular complexity index is 847. The van der Waals surface area contributed by atoms with Crippen molar-refractivity contribution >= 4 is 16.9 Å². The molecule has 1 saturated carbocycles. The van der Waals surface area contributed by atoms with E-state index < -0.39 is 29.2 Å². The second-order valence-electron chi connectivity index (χ2n) is 5.92. The van der Waals surface area contributed by atoms with Crippen LogP contribution >= 0.6 is 0 Å². The lowest BCUT2D eigenvalue weighted by Gasteiger charge is -2.20. The fraction of sp³-hybridized carbons (Fsp3) is 0.467. The van der Waals surface area contributed by atoms with Crippen molar-refractivity contribution in [1.82, 2.24) is 15.0 Å². The Morgan fingerprint density at radius 1 is 1.33 bits per heavy atom. The molecule has 1 aromatic carbocycles. The first-order valence-corrected chi connectivity index (χ1v) is 7.43. The van der Waals surface area contributed by atoms with E-state index in [1.807, 2.05) is 0 Å². The van der Waals surface area contributed by atoms with Gasteiger partial charge in [-0.15, -0.1) is 5.10 Å². The molecule has 3 rings (SSSR count). The third-order valence-electron chi connectivity index (χ3n) is 4.42. The van der Waals surface area contributed by atoms with Gasteiger partial charge in [-0.1, -0.05) is 11.6 Å². The largest absolute Gasteiger partial charge is 0.550 e. The molecule has 1 heterocycles. The molecule has 1 fully saturated rings. The Labute approximate surface area is 133 Å². The van der Waals surface area contributed by atoms with E-state index in [0.717, 1.165) is 22.9 Å². The maximum atomic E-state index is 12.8. The molecule has 0 spiro atoms. The minimum atomic E-state index is -4.57. The Morgan fingerprint density at radius 3 is 2.75 bits per heavy atom. The van der Waals surface area contributed by atoms with Crippen LogP contribution in [0.3, 0.4) is 0 Å². The van der Waals surface area contributed by atoms with Crippen LogP contribution in [-0.4, -0.2) is 21.0 Å². The molecule has 24 heavy (non-hydrogen) atoms. The van der Waals surface area contributed by atoms with Crippen molar-refractivity contribution in [2.75, 3.05) is 0 Å². The van der Waals surface area contributed by atoms with Gasteiger partial charge >= 0.3 is 6.18 Å². The third-order valence-corrected chi connectivity index (χ3v) is 4.42. The summed E-state index contributed by atoms with van der Waals surface area (Å²) in [4.78, 5) is 23.5. The van der Waals surface area contributed by atoms with E-state index in [0.29, 0.717) is 19.3 Å². The zero-order valence-electron chi connectivity index (χ0n) is 12.4. The number of carbonyl (C=O) groups excluding carboxylic acids is 1. The lowest BCUT2D eigenvalue weighted by Crippen LogP contribution is -2.37. The predicted octanol–water partition coefficient (Wildman–Crippen LogP) is 0.976. The van der Waals surface area contributed by atoms with Crippen molar-refractivity contribution in [3.8, 4) is 0 Å². The number of aliphatic carboxylic acids is 1. The zero-order valence-corrected chi connectivity index (χ0v) is 12.4. The van der Waals surface area contributed by atoms with Gasteiger partial charge in [0.25, 0.3) is 5.56 Å². The average molecular weight is 340 g/mol. The van der Waals surface area contributed by atoms with Crippen LogP contribution in [0.4, 0.5) is 13.2 Å². The van der Waals surface area contributed by atoms with Gasteiger partial charge in [-0.25, -0.2) is 4.68 Å². The highest BCUT2D eigenvalue weighted by molar-refractivity contribution is 5.77. The van der Waals surface area contributed by atoms with Crippen molar-refractivity contribution in [3.05, 3.63) is 34.1 Å². The smallest absolute Gasteiger partial charge is 0.416 e. The first-order valence-electron chi connectivity index (χ1n) is 7.43. The van der Waals surface area contributed by atoms with Crippen molar-refractivity contribution in [3.63, 3.8) is 0 Å². The molecule has 2 atom stereocenters. The van der Waals surface area contributed by atoms with Crippen LogP contribution in [0, 0.1) is 11.8 Å². The molecular weight excluding hydrogens is 327 g/mol. The molecule has 2 aromatic rings. The van der Waals surface area contributed by atoms with E-state index in [4.69, 9.17) is 0 Å². The van der Waals surface area contributed by atoms with Crippen LogP contribution in [0.2, 0.25) is 0 Å². The molecule has 1 aliphatic rings. The highest BCUT2D eigenvalue weighted by Crippen LogP contribution is 2.32. The van der Waals surface area contributed by atoms with Crippen molar-refractivity contribution in [2.24, 2.45) is 11.8 Å². The van der Waals surface area contributed by atoms with Gasteiger partial charge in [0.2, 0.25) is 0 Å². The van der Waals surface area contributed by atoms with Crippen LogP contribution in [0.15, 0.2) is 23.0 Å². The molecule has 1 aromatic heterocycles. The maximum Gasteiger partial charge on any atom is 0.416 e. The topological polar surface area (TPSA) is 87.9 Å². The summed E-state index contributed by atoms with van der Waals surface area (Å²) in [7, 11) is 0. The summed E-state index contributed by atoms with van der Waals surface area (Å²) in [6.07, 6.45) is -2.83. The Kier molecular flexibility index (Phi) is 4.02. The van der Waals surface area contributed by atoms with Crippen LogP contribution in [0.1, 0.15) is 24.8 Å². The SMILES string of the molecule is O=C([O-])C1CCCC1Cn1nnc2ccc(C(F)(F)F)cc2c1=O. The lowest BCUT2D eigenvalue weighted by molar-refractivity contribution is -0.312. The number of hydrogen-bond acceptors (Lipinski definition) is 5. The molecule has 0 saturated heterocycles. The minimum Gasteiger partial charge on any atom is -0.550 e. The number of rotatable bonds is 3. The van der Waals surface area contributed by atoms with E-state index >= 15 is 0 Å². The highest BCUT2D eigenvalue weighted by Gasteiger charge is 2.32. The molecule has 128 valence electrons. The van der Waals surface area contributed by atoms with Crippen LogP contribution in [0.25, 0.3) is 10.9 Å². The van der Waals surface area contributed by atoms with Crippen molar-refractivity contribution < 1.29 is 23.1 Å². The van der Waals surface area contributed by atoms with E-state index in [1.54, 1.807) is 0 Å². The van der Waals surface area contributed by atoms with E-state index in [2.05, 4.69) is 10.3 Å². The van der Waals surface area contributed by atoms with Crippen molar-refractivity contribution in [1.29, 1.82) is 0 Å². The number of carbonyl (C=O) groups is 1. The molecule has 0 radical (unpaired) electrons. The van der Waals surface area contributed by atoms with Crippen LogP contribution < -0.4 is 10.7 Å². The number of carboxylic acids is 1. The fourth-order valence-corrected chi connectivity index (χ4v) is 3.16. The Morgan fingerprint density at radius 2 is 2.08 bits per heavy atom. The summed E-state index contributed by atoms with van der Waals surface area (Å²) in [5.74, 6) is -2.21. The molecule has 9 heteroatoms. The predicted molar refractivity (Wildman–Crippen MR) is 74.6 cm³/mol. The van der Waals surface area contributed by atoms with Crippen molar-refractivity contribution in [2.45, 2.75) is 32.0 Å². The van der Waals surface area contributed by atoms with Gasteiger partial charge in [0, 0.05) is 11.9 Å². The number of hydrogen-bond donors (Lipinski definition) is 0. The quantitative estimate of drug-likeness (QED) is 0.831. The number of carboxylic acid groups (broad SMARTS) is 1. The van der Waals surface area contributed by atoms with Crippen LogP contribution in [0.5, 0.6) is 0 Å². The second-order valence-corrected chi connectivity index (χ2v) is 5.92. The summed E-state index contributed by atoms with van der Waals surface area (Å²) in [5.41, 5.74) is -1.60. The van der Waals surface area contributed by atoms with Gasteiger partial charge in [0.1, 0.15) is 5.52 Å². The molecule has 2 unspecified atom stereocenters. The van der Waals surface area contributed by atoms with Gasteiger partial charge in [-0.2, -0.15) is 13.2 Å². The first-order chi connectivity index (χ1) is 11.3. The average Bonchev–Trinajstić information content (AvgIpc) is 2.97. The first kappa shape index (κ1) is 16.4. The summed E-state index contributed by atoms with van der Waals surface area (Å²) < 4.78 is 39.3. The standard InChI is InChI=1S/C15H14F3N3O3/c16-15(17,18)9-4-5-12-11(6-9)13(22)21(20-19-12)7-8-2-1-3-10(8)14(23)24/h4-6,8,10H,1-3,7H2,(H,23,24)/p-1. The number of aromatic nitrogens is 3. The second kappa shape index (κ2) is 5.88. The van der Waals surface area contributed by atoms with E-state index in [-0.39, 0.29) is 23.4 Å². The molecule has 1 aliphatic carbocycles. The number of halogens is 3. The lowest BCUT2D eigenvalue weighted by atomic mass is 9.96. The number of fused-ring (bicyclic) bond motifs is 1. The monoisotopic (exact) mass is 340 g/mol. The molecule has 0 bridgehead atoms. The summed E-state index contributed by atoms with van der Waals surface area (Å²) in [5, 5.41) is 18.4.